The summed E-state index contributed by atoms with van der Waals surface area (Å²) in [6.07, 6.45) is 5.72. The summed E-state index contributed by atoms with van der Waals surface area (Å²) in [7, 11) is 2.97. The standard InChI is InChI=1S/C16H25N5O3/c1-5-6-7-8-11(2)18-12(22)9-21-10-17-14-13(21)15(23)20(4)16(24)19(14)3/h10-11H,5-9H2,1-4H3,(H,18,22). The summed E-state index contributed by atoms with van der Waals surface area (Å²) in [4.78, 5) is 40.5. The fourth-order valence-corrected chi connectivity index (χ4v) is 2.76. The van der Waals surface area contributed by atoms with Gasteiger partial charge in [0, 0.05) is 20.1 Å². The monoisotopic (exact) mass is 335 g/mol. The quantitative estimate of drug-likeness (QED) is 0.747. The topological polar surface area (TPSA) is 90.9 Å². The Hall–Kier alpha value is -2.38. The molecule has 0 fully saturated rings. The number of carbonyl (C=O) groups is 1. The molecule has 0 saturated heterocycles. The Kier molecular flexibility index (Phi) is 5.58. The minimum Gasteiger partial charge on any atom is -0.352 e. The van der Waals surface area contributed by atoms with Crippen molar-refractivity contribution < 1.29 is 4.79 Å². The van der Waals surface area contributed by atoms with E-state index in [1.165, 1.54) is 22.5 Å². The van der Waals surface area contributed by atoms with Gasteiger partial charge in [0.25, 0.3) is 5.56 Å². The van der Waals surface area contributed by atoms with Gasteiger partial charge in [0.05, 0.1) is 6.33 Å². The fourth-order valence-electron chi connectivity index (χ4n) is 2.76. The van der Waals surface area contributed by atoms with Crippen LogP contribution in [-0.4, -0.2) is 30.6 Å². The number of carbonyl (C=O) groups excluding carboxylic acids is 1. The predicted molar refractivity (Wildman–Crippen MR) is 92.0 cm³/mol. The van der Waals surface area contributed by atoms with E-state index in [-0.39, 0.29) is 29.7 Å². The van der Waals surface area contributed by atoms with Crippen molar-refractivity contribution in [2.24, 2.45) is 14.1 Å². The average molecular weight is 335 g/mol. The van der Waals surface area contributed by atoms with Crippen LogP contribution in [0.15, 0.2) is 15.9 Å². The number of nitrogens with one attached hydrogen (secondary N) is 1. The van der Waals surface area contributed by atoms with Crippen LogP contribution in [0.25, 0.3) is 11.2 Å². The lowest BCUT2D eigenvalue weighted by Crippen LogP contribution is -2.38. The summed E-state index contributed by atoms with van der Waals surface area (Å²) in [5.41, 5.74) is -0.346. The van der Waals surface area contributed by atoms with Crippen LogP contribution in [0.2, 0.25) is 0 Å². The van der Waals surface area contributed by atoms with Gasteiger partial charge in [-0.25, -0.2) is 9.78 Å². The summed E-state index contributed by atoms with van der Waals surface area (Å²) in [6, 6.07) is 0.0889. The molecule has 0 spiro atoms. The molecule has 0 bridgehead atoms. The van der Waals surface area contributed by atoms with Gasteiger partial charge in [-0.15, -0.1) is 0 Å². The number of aryl methyl sites for hydroxylation is 1. The third-order valence-electron chi connectivity index (χ3n) is 4.18. The van der Waals surface area contributed by atoms with E-state index >= 15 is 0 Å². The van der Waals surface area contributed by atoms with Gasteiger partial charge in [-0.05, 0) is 13.3 Å². The summed E-state index contributed by atoms with van der Waals surface area (Å²) < 4.78 is 3.81. The van der Waals surface area contributed by atoms with Gasteiger partial charge in [-0.3, -0.25) is 18.7 Å². The van der Waals surface area contributed by atoms with Gasteiger partial charge >= 0.3 is 5.69 Å². The maximum atomic E-state index is 12.3. The lowest BCUT2D eigenvalue weighted by Gasteiger charge is -2.14. The molecule has 0 aromatic carbocycles. The lowest BCUT2D eigenvalue weighted by molar-refractivity contribution is -0.122. The number of hydrogen-bond donors (Lipinski definition) is 1. The maximum Gasteiger partial charge on any atom is 0.332 e. The Balaban J connectivity index is 2.18. The van der Waals surface area contributed by atoms with Crippen LogP contribution >= 0.6 is 0 Å². The van der Waals surface area contributed by atoms with E-state index in [2.05, 4.69) is 17.2 Å². The highest BCUT2D eigenvalue weighted by Crippen LogP contribution is 2.06. The normalized spacial score (nSPS) is 12.5. The Morgan fingerprint density at radius 1 is 1.25 bits per heavy atom. The molecule has 0 radical (unpaired) electrons. The fraction of sp³-hybridized carbons (Fsp3) is 0.625. The summed E-state index contributed by atoms with van der Waals surface area (Å²) in [5.74, 6) is -0.172. The highest BCUT2D eigenvalue weighted by Gasteiger charge is 2.16. The van der Waals surface area contributed by atoms with E-state index < -0.39 is 11.2 Å². The van der Waals surface area contributed by atoms with Crippen LogP contribution in [0.3, 0.4) is 0 Å². The molecule has 2 heterocycles. The SMILES string of the molecule is CCCCCC(C)NC(=O)Cn1cnc2c1c(=O)n(C)c(=O)n2C. The van der Waals surface area contributed by atoms with E-state index in [4.69, 9.17) is 0 Å². The Bertz CT molecular complexity index is 846. The zero-order valence-electron chi connectivity index (χ0n) is 14.7. The Morgan fingerprint density at radius 2 is 1.96 bits per heavy atom. The number of imidazole rings is 1. The molecule has 0 saturated carbocycles. The molecule has 0 aliphatic heterocycles. The van der Waals surface area contributed by atoms with Crippen LogP contribution < -0.4 is 16.6 Å². The van der Waals surface area contributed by atoms with Crippen LogP contribution in [0, 0.1) is 0 Å². The molecular formula is C16H25N5O3. The van der Waals surface area contributed by atoms with Gasteiger partial charge in [-0.2, -0.15) is 0 Å². The summed E-state index contributed by atoms with van der Waals surface area (Å²) >= 11 is 0. The number of unbranched alkanes of at least 4 members (excludes halogenated alkanes) is 2. The highest BCUT2D eigenvalue weighted by atomic mass is 16.2. The third-order valence-corrected chi connectivity index (χ3v) is 4.18. The van der Waals surface area contributed by atoms with Crippen LogP contribution in [-0.2, 0) is 25.4 Å². The molecule has 1 amide bonds. The Morgan fingerprint density at radius 3 is 2.62 bits per heavy atom. The second-order valence-electron chi connectivity index (χ2n) is 6.21. The van der Waals surface area contributed by atoms with Crippen molar-refractivity contribution in [2.75, 3.05) is 0 Å². The van der Waals surface area contributed by atoms with Crippen molar-refractivity contribution in [1.82, 2.24) is 24.0 Å². The number of fused-ring (bicyclic) bond motifs is 1. The van der Waals surface area contributed by atoms with Gasteiger partial charge in [0.1, 0.15) is 6.54 Å². The highest BCUT2D eigenvalue weighted by molar-refractivity contribution is 5.79. The van der Waals surface area contributed by atoms with Crippen molar-refractivity contribution in [3.63, 3.8) is 0 Å². The van der Waals surface area contributed by atoms with Crippen molar-refractivity contribution >= 4 is 17.1 Å². The zero-order valence-corrected chi connectivity index (χ0v) is 14.7. The molecule has 1 N–H and O–H groups in total. The molecular weight excluding hydrogens is 310 g/mol. The van der Waals surface area contributed by atoms with E-state index in [9.17, 15) is 14.4 Å². The van der Waals surface area contributed by atoms with Crippen molar-refractivity contribution in [3.05, 3.63) is 27.2 Å². The molecule has 0 aliphatic rings. The molecule has 2 rings (SSSR count). The molecule has 1 unspecified atom stereocenters. The van der Waals surface area contributed by atoms with Crippen molar-refractivity contribution in [1.29, 1.82) is 0 Å². The van der Waals surface area contributed by atoms with Crippen LogP contribution in [0.1, 0.15) is 39.5 Å². The van der Waals surface area contributed by atoms with Gasteiger partial charge in [0.2, 0.25) is 5.91 Å². The smallest absolute Gasteiger partial charge is 0.332 e. The molecule has 132 valence electrons. The largest absolute Gasteiger partial charge is 0.352 e. The summed E-state index contributed by atoms with van der Waals surface area (Å²) in [6.45, 7) is 4.12. The molecule has 8 nitrogen and oxygen atoms in total. The average Bonchev–Trinajstić information content (AvgIpc) is 2.94. The van der Waals surface area contributed by atoms with Gasteiger partial charge in [0.15, 0.2) is 11.2 Å². The Labute approximate surface area is 140 Å². The van der Waals surface area contributed by atoms with E-state index in [1.807, 2.05) is 6.92 Å². The summed E-state index contributed by atoms with van der Waals surface area (Å²) in [5, 5.41) is 2.94. The second kappa shape index (κ2) is 7.46. The van der Waals surface area contributed by atoms with E-state index in [1.54, 1.807) is 7.05 Å². The van der Waals surface area contributed by atoms with E-state index in [0.29, 0.717) is 0 Å². The first kappa shape index (κ1) is 18.0. The number of rotatable bonds is 7. The first-order valence-electron chi connectivity index (χ1n) is 8.27. The minimum atomic E-state index is -0.450. The first-order valence-corrected chi connectivity index (χ1v) is 8.27. The maximum absolute atomic E-state index is 12.3. The molecule has 1 atom stereocenters. The molecule has 2 aromatic heterocycles. The van der Waals surface area contributed by atoms with Crippen molar-refractivity contribution in [2.45, 2.75) is 52.1 Å². The second-order valence-corrected chi connectivity index (χ2v) is 6.21. The molecule has 2 aromatic rings. The minimum absolute atomic E-state index is 0.00205. The van der Waals surface area contributed by atoms with Crippen LogP contribution in [0.5, 0.6) is 0 Å². The predicted octanol–water partition coefficient (Wildman–Crippen LogP) is 0.519. The van der Waals surface area contributed by atoms with Gasteiger partial charge in [-0.1, -0.05) is 26.2 Å². The lowest BCUT2D eigenvalue weighted by atomic mass is 10.1. The van der Waals surface area contributed by atoms with E-state index in [0.717, 1.165) is 30.3 Å². The number of hydrogen-bond acceptors (Lipinski definition) is 4. The molecule has 0 aliphatic carbocycles. The number of aromatic nitrogens is 4. The first-order chi connectivity index (χ1) is 11.4. The van der Waals surface area contributed by atoms with Gasteiger partial charge < -0.3 is 9.88 Å². The zero-order chi connectivity index (χ0) is 17.9. The third kappa shape index (κ3) is 3.58. The van der Waals surface area contributed by atoms with Crippen LogP contribution in [0.4, 0.5) is 0 Å². The molecule has 8 heteroatoms. The molecule has 24 heavy (non-hydrogen) atoms. The van der Waals surface area contributed by atoms with Crippen molar-refractivity contribution in [3.8, 4) is 0 Å². The number of amides is 1. The number of nitrogens with zero attached hydrogens (tertiary/aromatic N) is 4.